The second kappa shape index (κ2) is 7.17. The van der Waals surface area contributed by atoms with Gasteiger partial charge < -0.3 is 21.7 Å². The van der Waals surface area contributed by atoms with Gasteiger partial charge in [0.05, 0.1) is 17.7 Å². The summed E-state index contributed by atoms with van der Waals surface area (Å²) in [5.41, 5.74) is 10.6. The van der Waals surface area contributed by atoms with Gasteiger partial charge in [-0.1, -0.05) is 20.3 Å². The highest BCUT2D eigenvalue weighted by atomic mass is 16.3. The van der Waals surface area contributed by atoms with Crippen LogP contribution in [0, 0.1) is 0 Å². The van der Waals surface area contributed by atoms with E-state index >= 15 is 0 Å². The predicted octanol–water partition coefficient (Wildman–Crippen LogP) is 0.355. The van der Waals surface area contributed by atoms with Gasteiger partial charge in [-0.15, -0.1) is 0 Å². The van der Waals surface area contributed by atoms with Crippen LogP contribution < -0.4 is 11.5 Å². The summed E-state index contributed by atoms with van der Waals surface area (Å²) >= 11 is 0. The Bertz CT molecular complexity index is 155. The lowest BCUT2D eigenvalue weighted by atomic mass is 9.80. The smallest absolute Gasteiger partial charge is 0.0742 e. The molecule has 92 valence electrons. The molecule has 0 saturated carbocycles. The lowest BCUT2D eigenvalue weighted by Gasteiger charge is -2.38. The molecule has 0 aromatic rings. The molecule has 2 atom stereocenters. The van der Waals surface area contributed by atoms with Crippen molar-refractivity contribution in [3.05, 3.63) is 0 Å². The van der Waals surface area contributed by atoms with E-state index in [0.29, 0.717) is 25.8 Å². The number of rotatable bonds is 8. The number of nitrogens with two attached hydrogens (primary N) is 2. The molecule has 0 fully saturated rings. The Labute approximate surface area is 92.7 Å². The number of unbranched alkanes of at least 4 members (excludes halogenated alkanes) is 1. The summed E-state index contributed by atoms with van der Waals surface area (Å²) in [4.78, 5) is 0. The van der Waals surface area contributed by atoms with Gasteiger partial charge in [-0.25, -0.2) is 0 Å². The highest BCUT2D eigenvalue weighted by Crippen LogP contribution is 2.24. The fourth-order valence-electron chi connectivity index (χ4n) is 1.89. The minimum absolute atomic E-state index is 0.566. The Morgan fingerprint density at radius 2 is 1.53 bits per heavy atom. The van der Waals surface area contributed by atoms with Crippen LogP contribution in [0.4, 0.5) is 0 Å². The van der Waals surface area contributed by atoms with Gasteiger partial charge in [-0.05, 0) is 32.2 Å². The van der Waals surface area contributed by atoms with Crippen molar-refractivity contribution in [1.29, 1.82) is 0 Å². The maximum absolute atomic E-state index is 9.86. The van der Waals surface area contributed by atoms with Crippen LogP contribution >= 0.6 is 0 Å². The molecule has 0 saturated heterocycles. The van der Waals surface area contributed by atoms with E-state index in [1.54, 1.807) is 0 Å². The number of aliphatic hydroxyl groups is 2. The molecule has 4 heteroatoms. The summed E-state index contributed by atoms with van der Waals surface area (Å²) in [7, 11) is 0. The van der Waals surface area contributed by atoms with Crippen LogP contribution in [-0.4, -0.2) is 34.5 Å². The van der Waals surface area contributed by atoms with Gasteiger partial charge in [0.15, 0.2) is 0 Å². The van der Waals surface area contributed by atoms with E-state index in [2.05, 4.69) is 0 Å². The van der Waals surface area contributed by atoms with E-state index in [-0.39, 0.29) is 0 Å². The van der Waals surface area contributed by atoms with Gasteiger partial charge in [-0.2, -0.15) is 0 Å². The van der Waals surface area contributed by atoms with Crippen molar-refractivity contribution in [2.24, 2.45) is 11.5 Å². The zero-order valence-corrected chi connectivity index (χ0v) is 9.95. The largest absolute Gasteiger partial charge is 0.391 e. The normalized spacial score (nSPS) is 19.6. The first-order valence-electron chi connectivity index (χ1n) is 5.87. The average Bonchev–Trinajstić information content (AvgIpc) is 2.26. The van der Waals surface area contributed by atoms with Crippen LogP contribution in [0.1, 0.15) is 46.0 Å². The second-order valence-electron chi connectivity index (χ2n) is 4.21. The molecular formula is C11H26N2O2. The van der Waals surface area contributed by atoms with Crippen molar-refractivity contribution in [2.45, 2.75) is 63.7 Å². The zero-order valence-electron chi connectivity index (χ0n) is 9.95. The molecule has 15 heavy (non-hydrogen) atoms. The van der Waals surface area contributed by atoms with E-state index < -0.39 is 17.7 Å². The molecular weight excluding hydrogens is 192 g/mol. The van der Waals surface area contributed by atoms with Gasteiger partial charge >= 0.3 is 0 Å². The van der Waals surface area contributed by atoms with E-state index in [1.807, 2.05) is 13.8 Å². The summed E-state index contributed by atoms with van der Waals surface area (Å²) < 4.78 is 0. The molecule has 0 spiro atoms. The number of hydrogen-bond acceptors (Lipinski definition) is 4. The predicted molar refractivity (Wildman–Crippen MR) is 62.4 cm³/mol. The maximum atomic E-state index is 9.86. The Morgan fingerprint density at radius 1 is 1.07 bits per heavy atom. The lowest BCUT2D eigenvalue weighted by Crippen LogP contribution is -2.59. The molecule has 6 N–H and O–H groups in total. The summed E-state index contributed by atoms with van der Waals surface area (Å²) in [6.07, 6.45) is 2.18. The molecule has 0 aliphatic heterocycles. The summed E-state index contributed by atoms with van der Waals surface area (Å²) in [5, 5.41) is 19.7. The minimum atomic E-state index is -0.876. The molecule has 0 aliphatic carbocycles. The molecule has 0 heterocycles. The molecule has 0 aromatic carbocycles. The standard InChI is InChI=1S/C11H26N2O2/c1-3-9(14)11(13,10(15)4-2)7-5-6-8-12/h9-10,14-15H,3-8,12-13H2,1-2H3. The van der Waals surface area contributed by atoms with Crippen molar-refractivity contribution in [2.75, 3.05) is 6.54 Å². The van der Waals surface area contributed by atoms with Gasteiger partial charge in [0.2, 0.25) is 0 Å². The SMILES string of the molecule is CCC(O)C(N)(CCCCN)C(O)CC. The monoisotopic (exact) mass is 218 g/mol. The summed E-state index contributed by atoms with van der Waals surface area (Å²) in [6, 6.07) is 0. The van der Waals surface area contributed by atoms with Crippen molar-refractivity contribution in [3.63, 3.8) is 0 Å². The fourth-order valence-corrected chi connectivity index (χ4v) is 1.89. The summed E-state index contributed by atoms with van der Waals surface area (Å²) in [5.74, 6) is 0. The molecule has 2 unspecified atom stereocenters. The van der Waals surface area contributed by atoms with Crippen LogP contribution in [0.25, 0.3) is 0 Å². The topological polar surface area (TPSA) is 92.5 Å². The van der Waals surface area contributed by atoms with E-state index in [9.17, 15) is 10.2 Å². The lowest BCUT2D eigenvalue weighted by molar-refractivity contribution is -0.0196. The zero-order chi connectivity index (χ0) is 11.9. The molecule has 0 aromatic heterocycles. The first-order chi connectivity index (χ1) is 7.02. The van der Waals surface area contributed by atoms with Crippen molar-refractivity contribution >= 4 is 0 Å². The maximum Gasteiger partial charge on any atom is 0.0742 e. The van der Waals surface area contributed by atoms with Gasteiger partial charge in [0.25, 0.3) is 0 Å². The molecule has 0 radical (unpaired) electrons. The average molecular weight is 218 g/mol. The molecule has 0 rings (SSSR count). The fraction of sp³-hybridized carbons (Fsp3) is 1.00. The quantitative estimate of drug-likeness (QED) is 0.442. The first kappa shape index (κ1) is 14.8. The van der Waals surface area contributed by atoms with Gasteiger partial charge in [-0.3, -0.25) is 0 Å². The number of aliphatic hydroxyl groups excluding tert-OH is 2. The van der Waals surface area contributed by atoms with Crippen LogP contribution in [0.5, 0.6) is 0 Å². The summed E-state index contributed by atoms with van der Waals surface area (Å²) in [6.45, 7) is 4.37. The van der Waals surface area contributed by atoms with Crippen molar-refractivity contribution < 1.29 is 10.2 Å². The van der Waals surface area contributed by atoms with E-state index in [0.717, 1.165) is 12.8 Å². The molecule has 0 aliphatic rings. The van der Waals surface area contributed by atoms with Crippen LogP contribution in [0.2, 0.25) is 0 Å². The second-order valence-corrected chi connectivity index (χ2v) is 4.21. The third kappa shape index (κ3) is 4.07. The highest BCUT2D eigenvalue weighted by molar-refractivity contribution is 4.96. The Morgan fingerprint density at radius 3 is 1.87 bits per heavy atom. The van der Waals surface area contributed by atoms with Gasteiger partial charge in [0, 0.05) is 0 Å². The van der Waals surface area contributed by atoms with E-state index in [1.165, 1.54) is 0 Å². The van der Waals surface area contributed by atoms with Crippen LogP contribution in [-0.2, 0) is 0 Å². The highest BCUT2D eigenvalue weighted by Gasteiger charge is 2.38. The Kier molecular flexibility index (Phi) is 7.09. The number of hydrogen-bond donors (Lipinski definition) is 4. The van der Waals surface area contributed by atoms with Crippen molar-refractivity contribution in [3.8, 4) is 0 Å². The van der Waals surface area contributed by atoms with Gasteiger partial charge in [0.1, 0.15) is 0 Å². The van der Waals surface area contributed by atoms with Crippen LogP contribution in [0.15, 0.2) is 0 Å². The van der Waals surface area contributed by atoms with Crippen LogP contribution in [0.3, 0.4) is 0 Å². The first-order valence-corrected chi connectivity index (χ1v) is 5.87. The third-order valence-electron chi connectivity index (χ3n) is 3.08. The Hall–Kier alpha value is -0.160. The minimum Gasteiger partial charge on any atom is -0.391 e. The third-order valence-corrected chi connectivity index (χ3v) is 3.08. The Balaban J connectivity index is 4.40. The van der Waals surface area contributed by atoms with Crippen molar-refractivity contribution in [1.82, 2.24) is 0 Å². The molecule has 4 nitrogen and oxygen atoms in total. The molecule has 0 amide bonds. The van der Waals surface area contributed by atoms with E-state index in [4.69, 9.17) is 11.5 Å². The molecule has 0 bridgehead atoms.